The predicted molar refractivity (Wildman–Crippen MR) is 32.5 cm³/mol. The molecule has 0 aliphatic heterocycles. The normalized spacial score (nSPS) is 11.4. The molecule has 7 heavy (non-hydrogen) atoms. The Hall–Kier alpha value is 0.0249. The van der Waals surface area contributed by atoms with Crippen LogP contribution in [0.3, 0.4) is 0 Å². The molecule has 0 rings (SSSR count). The minimum absolute atomic E-state index is 0.203. The van der Waals surface area contributed by atoms with Crippen molar-refractivity contribution in [2.75, 3.05) is 7.11 Å². The van der Waals surface area contributed by atoms with Crippen LogP contribution in [0, 0.1) is 0 Å². The topological polar surface area (TPSA) is 9.23 Å². The van der Waals surface area contributed by atoms with Crippen molar-refractivity contribution in [2.45, 2.75) is 26.1 Å². The third-order valence-electron chi connectivity index (χ3n) is 0.471. The van der Waals surface area contributed by atoms with Gasteiger partial charge in [0, 0.05) is 7.11 Å². The number of rotatable bonds is 1. The highest BCUT2D eigenvalue weighted by atomic mass is 16.4. The third-order valence-corrected chi connectivity index (χ3v) is 0.471. The van der Waals surface area contributed by atoms with Gasteiger partial charge in [0.15, 0.2) is 0 Å². The zero-order valence-corrected chi connectivity index (χ0v) is 5.49. The van der Waals surface area contributed by atoms with E-state index in [1.807, 2.05) is 7.48 Å². The standard InChI is InChI=1S/C5H12BO/c1-5(2,3)6-7-4/h1-4H3. The molecule has 1 nitrogen and oxygen atoms in total. The van der Waals surface area contributed by atoms with Crippen molar-refractivity contribution in [3.05, 3.63) is 0 Å². The smallest absolute Gasteiger partial charge is 0.297 e. The van der Waals surface area contributed by atoms with E-state index in [1.165, 1.54) is 0 Å². The summed E-state index contributed by atoms with van der Waals surface area (Å²) in [5.41, 5.74) is 0. The van der Waals surface area contributed by atoms with E-state index in [9.17, 15) is 0 Å². The van der Waals surface area contributed by atoms with Crippen LogP contribution in [0.15, 0.2) is 0 Å². The Kier molecular flexibility index (Phi) is 2.37. The van der Waals surface area contributed by atoms with Gasteiger partial charge in [-0.15, -0.1) is 0 Å². The van der Waals surface area contributed by atoms with Crippen molar-refractivity contribution in [1.29, 1.82) is 0 Å². The van der Waals surface area contributed by atoms with E-state index in [2.05, 4.69) is 20.8 Å². The molecule has 0 atom stereocenters. The van der Waals surface area contributed by atoms with Crippen LogP contribution >= 0.6 is 0 Å². The summed E-state index contributed by atoms with van der Waals surface area (Å²) in [5, 5.41) is 0.203. The lowest BCUT2D eigenvalue weighted by atomic mass is 9.68. The highest BCUT2D eigenvalue weighted by Gasteiger charge is 2.11. The molecule has 0 heterocycles. The van der Waals surface area contributed by atoms with Crippen LogP contribution in [-0.2, 0) is 4.65 Å². The SMILES string of the molecule is CO[B]C(C)(C)C. The second-order valence-electron chi connectivity index (χ2n) is 2.72. The predicted octanol–water partition coefficient (Wildman–Crippen LogP) is 1.47. The van der Waals surface area contributed by atoms with E-state index in [4.69, 9.17) is 4.65 Å². The van der Waals surface area contributed by atoms with Crippen LogP contribution in [-0.4, -0.2) is 14.6 Å². The highest BCUT2D eigenvalue weighted by Crippen LogP contribution is 2.18. The first-order chi connectivity index (χ1) is 3.06. The van der Waals surface area contributed by atoms with Gasteiger partial charge in [-0.2, -0.15) is 0 Å². The highest BCUT2D eigenvalue weighted by molar-refractivity contribution is 6.31. The molecule has 0 aromatic rings. The van der Waals surface area contributed by atoms with Gasteiger partial charge in [0.2, 0.25) is 0 Å². The van der Waals surface area contributed by atoms with Crippen molar-refractivity contribution < 1.29 is 4.65 Å². The molecule has 0 saturated carbocycles. The van der Waals surface area contributed by atoms with Crippen molar-refractivity contribution in [2.24, 2.45) is 0 Å². The van der Waals surface area contributed by atoms with Gasteiger partial charge in [0.25, 0.3) is 7.48 Å². The Bertz CT molecular complexity index is 46.5. The lowest BCUT2D eigenvalue weighted by molar-refractivity contribution is 0.416. The van der Waals surface area contributed by atoms with E-state index in [0.717, 1.165) is 0 Å². The molecule has 0 aliphatic carbocycles. The maximum atomic E-state index is 4.78. The van der Waals surface area contributed by atoms with Crippen molar-refractivity contribution in [3.63, 3.8) is 0 Å². The first-order valence-corrected chi connectivity index (χ1v) is 2.43. The zero-order chi connectivity index (χ0) is 5.91. The Morgan fingerprint density at radius 2 is 1.71 bits per heavy atom. The quantitative estimate of drug-likeness (QED) is 0.452. The van der Waals surface area contributed by atoms with Gasteiger partial charge < -0.3 is 4.65 Å². The zero-order valence-electron chi connectivity index (χ0n) is 5.49. The van der Waals surface area contributed by atoms with Gasteiger partial charge in [0.1, 0.15) is 0 Å². The molecule has 2 heteroatoms. The van der Waals surface area contributed by atoms with E-state index in [-0.39, 0.29) is 5.31 Å². The Morgan fingerprint density at radius 3 is 1.71 bits per heavy atom. The van der Waals surface area contributed by atoms with Gasteiger partial charge in [-0.05, 0) is 5.31 Å². The van der Waals surface area contributed by atoms with E-state index in [0.29, 0.717) is 0 Å². The summed E-state index contributed by atoms with van der Waals surface area (Å²) in [7, 11) is 3.48. The van der Waals surface area contributed by atoms with E-state index >= 15 is 0 Å². The maximum absolute atomic E-state index is 4.78. The first-order valence-electron chi connectivity index (χ1n) is 2.43. The molecule has 0 N–H and O–H groups in total. The van der Waals surface area contributed by atoms with Gasteiger partial charge in [-0.25, -0.2) is 0 Å². The lowest BCUT2D eigenvalue weighted by Gasteiger charge is -2.12. The fraction of sp³-hybridized carbons (Fsp3) is 1.00. The maximum Gasteiger partial charge on any atom is 0.297 e. The Labute approximate surface area is 46.3 Å². The fourth-order valence-electron chi connectivity index (χ4n) is 0.354. The average molecular weight is 99.0 g/mol. The molecule has 0 bridgehead atoms. The van der Waals surface area contributed by atoms with Gasteiger partial charge >= 0.3 is 0 Å². The Morgan fingerprint density at radius 1 is 1.29 bits per heavy atom. The summed E-state index contributed by atoms with van der Waals surface area (Å²) < 4.78 is 4.78. The van der Waals surface area contributed by atoms with E-state index in [1.54, 1.807) is 7.11 Å². The number of hydrogen-bond donors (Lipinski definition) is 0. The first kappa shape index (κ1) is 7.02. The molecular weight excluding hydrogens is 86.9 g/mol. The van der Waals surface area contributed by atoms with Crippen LogP contribution in [0.4, 0.5) is 0 Å². The van der Waals surface area contributed by atoms with Crippen LogP contribution < -0.4 is 0 Å². The second-order valence-corrected chi connectivity index (χ2v) is 2.72. The second kappa shape index (κ2) is 2.36. The molecule has 0 aromatic carbocycles. The van der Waals surface area contributed by atoms with Gasteiger partial charge in [0.05, 0.1) is 0 Å². The summed E-state index contributed by atoms with van der Waals surface area (Å²) >= 11 is 0. The molecule has 1 radical (unpaired) electrons. The van der Waals surface area contributed by atoms with Crippen molar-refractivity contribution in [1.82, 2.24) is 0 Å². The monoisotopic (exact) mass is 99.1 g/mol. The van der Waals surface area contributed by atoms with E-state index < -0.39 is 0 Å². The van der Waals surface area contributed by atoms with Crippen LogP contribution in [0.2, 0.25) is 5.31 Å². The largest absolute Gasteiger partial charge is 0.443 e. The minimum atomic E-state index is 0.203. The molecule has 0 spiro atoms. The molecule has 0 aliphatic rings. The van der Waals surface area contributed by atoms with Crippen LogP contribution in [0.5, 0.6) is 0 Å². The third kappa shape index (κ3) is 6.02. The minimum Gasteiger partial charge on any atom is -0.443 e. The summed E-state index contributed by atoms with van der Waals surface area (Å²) in [6.07, 6.45) is 0. The van der Waals surface area contributed by atoms with Crippen LogP contribution in [0.1, 0.15) is 20.8 Å². The fourth-order valence-corrected chi connectivity index (χ4v) is 0.354. The summed E-state index contributed by atoms with van der Waals surface area (Å²) in [6, 6.07) is 0. The lowest BCUT2D eigenvalue weighted by Crippen LogP contribution is -2.09. The molecule has 0 aromatic heterocycles. The molecule has 0 saturated heterocycles. The average Bonchev–Trinajstić information content (AvgIpc) is 1.30. The van der Waals surface area contributed by atoms with Gasteiger partial charge in [-0.1, -0.05) is 20.8 Å². The molecular formula is C5H12BO. The number of hydrogen-bond acceptors (Lipinski definition) is 1. The van der Waals surface area contributed by atoms with Crippen LogP contribution in [0.25, 0.3) is 0 Å². The summed E-state index contributed by atoms with van der Waals surface area (Å²) in [6.45, 7) is 6.28. The molecule has 0 amide bonds. The molecule has 0 unspecified atom stereocenters. The van der Waals surface area contributed by atoms with Crippen molar-refractivity contribution in [3.8, 4) is 0 Å². The van der Waals surface area contributed by atoms with Crippen molar-refractivity contribution >= 4 is 7.48 Å². The molecule has 0 fully saturated rings. The summed E-state index contributed by atoms with van der Waals surface area (Å²) in [4.78, 5) is 0. The van der Waals surface area contributed by atoms with Gasteiger partial charge in [-0.3, -0.25) is 0 Å². The Balaban J connectivity index is 3.15. The summed E-state index contributed by atoms with van der Waals surface area (Å²) in [5.74, 6) is 0. The molecule has 41 valence electrons.